The molecule has 262 valence electrons. The first-order valence-corrected chi connectivity index (χ1v) is 17.8. The molecule has 12 nitrogen and oxygen atoms in total. The van der Waals surface area contributed by atoms with E-state index < -0.39 is 27.4 Å². The molecule has 2 aliphatic heterocycles. The average Bonchev–Trinajstić information content (AvgIpc) is 3.07. The molecule has 0 saturated carbocycles. The van der Waals surface area contributed by atoms with Crippen LogP contribution < -0.4 is 20.9 Å². The lowest BCUT2D eigenvalue weighted by Crippen LogP contribution is -2.46. The Balaban J connectivity index is 1.05. The maximum Gasteiger partial charge on any atom is 0.421 e. The van der Waals surface area contributed by atoms with Crippen molar-refractivity contribution in [1.82, 2.24) is 25.2 Å². The van der Waals surface area contributed by atoms with Gasteiger partial charge in [-0.3, -0.25) is 24.8 Å². The normalized spacial score (nSPS) is 17.4. The van der Waals surface area contributed by atoms with Gasteiger partial charge in [-0.05, 0) is 59.5 Å². The number of halogens is 3. The molecule has 4 aromatic rings. The third-order valence-electron chi connectivity index (χ3n) is 8.61. The summed E-state index contributed by atoms with van der Waals surface area (Å²) in [5.74, 6) is -1.38. The largest absolute Gasteiger partial charge is 0.421 e. The molecule has 3 N–H and O–H groups in total. The second-order valence-electron chi connectivity index (χ2n) is 12.3. The number of carbonyl (C=O) groups is 2. The summed E-state index contributed by atoms with van der Waals surface area (Å²) in [5.41, 5.74) is 2.81. The Bertz CT molecular complexity index is 1990. The van der Waals surface area contributed by atoms with Crippen molar-refractivity contribution in [3.8, 4) is 0 Å². The van der Waals surface area contributed by atoms with Gasteiger partial charge < -0.3 is 15.5 Å². The quantitative estimate of drug-likeness (QED) is 0.200. The van der Waals surface area contributed by atoms with Gasteiger partial charge in [0.25, 0.3) is 0 Å². The Morgan fingerprint density at radius 1 is 0.960 bits per heavy atom. The number of sulfone groups is 1. The summed E-state index contributed by atoms with van der Waals surface area (Å²) >= 11 is 0. The van der Waals surface area contributed by atoms with Crippen LogP contribution in [0.25, 0.3) is 0 Å². The number of benzene rings is 2. The van der Waals surface area contributed by atoms with Crippen LogP contribution in [0.2, 0.25) is 0 Å². The van der Waals surface area contributed by atoms with Gasteiger partial charge in [0, 0.05) is 81.9 Å². The van der Waals surface area contributed by atoms with E-state index in [1.54, 1.807) is 30.6 Å². The van der Waals surface area contributed by atoms with Crippen LogP contribution in [0, 0.1) is 0 Å². The van der Waals surface area contributed by atoms with E-state index in [1.807, 2.05) is 18.2 Å². The lowest BCUT2D eigenvalue weighted by Gasteiger charge is -2.36. The van der Waals surface area contributed by atoms with E-state index in [4.69, 9.17) is 0 Å². The Morgan fingerprint density at radius 2 is 1.72 bits per heavy atom. The summed E-state index contributed by atoms with van der Waals surface area (Å²) in [6, 6.07) is 15.4. The van der Waals surface area contributed by atoms with Crippen molar-refractivity contribution in [3.05, 3.63) is 95.4 Å². The molecular weight excluding hydrogens is 673 g/mol. The molecule has 16 heteroatoms. The van der Waals surface area contributed by atoms with Crippen molar-refractivity contribution in [3.63, 3.8) is 0 Å². The van der Waals surface area contributed by atoms with Crippen LogP contribution in [-0.4, -0.2) is 72.5 Å². The van der Waals surface area contributed by atoms with Crippen LogP contribution in [-0.2, 0) is 38.7 Å². The zero-order valence-corrected chi connectivity index (χ0v) is 27.9. The number of hydrogen-bond donors (Lipinski definition) is 3. The first-order chi connectivity index (χ1) is 23.8. The van der Waals surface area contributed by atoms with Gasteiger partial charge >= 0.3 is 6.18 Å². The van der Waals surface area contributed by atoms with Gasteiger partial charge in [-0.1, -0.05) is 18.2 Å². The predicted octanol–water partition coefficient (Wildman–Crippen LogP) is 4.49. The molecule has 2 amide bonds. The van der Waals surface area contributed by atoms with E-state index in [1.165, 1.54) is 18.2 Å². The van der Waals surface area contributed by atoms with E-state index in [0.29, 0.717) is 36.8 Å². The summed E-state index contributed by atoms with van der Waals surface area (Å²) in [4.78, 5) is 40.8. The molecule has 0 bridgehead atoms. The number of pyridine rings is 1. The SMILES string of the molecule is CS(=O)(=O)c1cccc(CNc2nc(Nc3ccc(N4CCN(Cc5cncc(C6CCC(=O)NC6=O)c5)CC4)cc3)ncc2C(F)(F)F)c1. The fourth-order valence-electron chi connectivity index (χ4n) is 5.96. The van der Waals surface area contributed by atoms with Crippen LogP contribution in [0.1, 0.15) is 41.0 Å². The van der Waals surface area contributed by atoms with Gasteiger partial charge in [0.2, 0.25) is 17.8 Å². The van der Waals surface area contributed by atoms with E-state index in [-0.39, 0.29) is 35.1 Å². The predicted molar refractivity (Wildman–Crippen MR) is 180 cm³/mol. The standard InChI is InChI=1S/C34H35F3N8O4S/c1-50(48,49)27-4-2-3-22(16-27)18-39-31-29(34(35,36)37)20-40-33(43-31)41-25-5-7-26(8-6-25)45-13-11-44(12-14-45)21-23-15-24(19-38-17-23)28-9-10-30(46)42-32(28)47/h2-8,15-17,19-20,28H,9-14,18,21H2,1H3,(H,42,46,47)(H2,39,40,41,43). The maximum atomic E-state index is 13.8. The second-order valence-corrected chi connectivity index (χ2v) is 14.3. The first-order valence-electron chi connectivity index (χ1n) is 15.9. The number of alkyl halides is 3. The number of imide groups is 1. The number of carbonyl (C=O) groups excluding carboxylic acids is 2. The van der Waals surface area contributed by atoms with Gasteiger partial charge in [0.05, 0.1) is 10.8 Å². The maximum absolute atomic E-state index is 13.8. The lowest BCUT2D eigenvalue weighted by molar-refractivity contribution is -0.137. The molecule has 0 aliphatic carbocycles. The zero-order chi connectivity index (χ0) is 35.5. The number of aromatic nitrogens is 3. The lowest BCUT2D eigenvalue weighted by atomic mass is 9.91. The van der Waals surface area contributed by atoms with Crippen LogP contribution in [0.3, 0.4) is 0 Å². The van der Waals surface area contributed by atoms with E-state index in [9.17, 15) is 31.2 Å². The molecule has 2 fully saturated rings. The van der Waals surface area contributed by atoms with Crippen LogP contribution in [0.15, 0.2) is 78.1 Å². The Labute approximate surface area is 287 Å². The fraction of sp³-hybridized carbons (Fsp3) is 0.324. The molecule has 0 radical (unpaired) electrons. The number of amides is 2. The van der Waals surface area contributed by atoms with E-state index in [0.717, 1.165) is 49.2 Å². The van der Waals surface area contributed by atoms with Crippen molar-refractivity contribution in [2.45, 2.75) is 42.9 Å². The molecule has 50 heavy (non-hydrogen) atoms. The second kappa shape index (κ2) is 14.4. The smallest absolute Gasteiger partial charge is 0.369 e. The molecule has 0 spiro atoms. The minimum absolute atomic E-state index is 0.0390. The first kappa shape index (κ1) is 34.8. The number of anilines is 4. The number of nitrogens with zero attached hydrogens (tertiary/aromatic N) is 5. The van der Waals surface area contributed by atoms with Crippen molar-refractivity contribution < 1.29 is 31.2 Å². The van der Waals surface area contributed by atoms with Crippen LogP contribution in [0.4, 0.5) is 36.3 Å². The number of hydrogen-bond acceptors (Lipinski definition) is 11. The third kappa shape index (κ3) is 8.55. The summed E-state index contributed by atoms with van der Waals surface area (Å²) in [6.45, 7) is 3.75. The van der Waals surface area contributed by atoms with E-state index in [2.05, 4.69) is 40.7 Å². The number of nitrogens with one attached hydrogen (secondary N) is 3. The fourth-order valence-corrected chi connectivity index (χ4v) is 6.65. The highest BCUT2D eigenvalue weighted by molar-refractivity contribution is 7.90. The Morgan fingerprint density at radius 3 is 2.42 bits per heavy atom. The number of piperidine rings is 1. The average molecular weight is 709 g/mol. The third-order valence-corrected chi connectivity index (χ3v) is 9.72. The zero-order valence-electron chi connectivity index (χ0n) is 27.1. The summed E-state index contributed by atoms with van der Waals surface area (Å²) < 4.78 is 65.1. The topological polar surface area (TPSA) is 150 Å². The van der Waals surface area contributed by atoms with Crippen molar-refractivity contribution >= 4 is 44.8 Å². The van der Waals surface area contributed by atoms with Gasteiger partial charge in [0.1, 0.15) is 11.4 Å². The summed E-state index contributed by atoms with van der Waals surface area (Å²) in [6.07, 6.45) is 1.33. The highest BCUT2D eigenvalue weighted by Gasteiger charge is 2.35. The molecular formula is C34H35F3N8O4S. The van der Waals surface area contributed by atoms with Gasteiger partial charge in [-0.2, -0.15) is 18.2 Å². The van der Waals surface area contributed by atoms with E-state index >= 15 is 0 Å². The molecule has 1 unspecified atom stereocenters. The van der Waals surface area contributed by atoms with Crippen molar-refractivity contribution in [2.75, 3.05) is 48.0 Å². The highest BCUT2D eigenvalue weighted by Crippen LogP contribution is 2.34. The van der Waals surface area contributed by atoms with Crippen molar-refractivity contribution in [2.24, 2.45) is 0 Å². The minimum Gasteiger partial charge on any atom is -0.369 e. The molecule has 2 saturated heterocycles. The Hall–Kier alpha value is -5.09. The van der Waals surface area contributed by atoms with Crippen molar-refractivity contribution in [1.29, 1.82) is 0 Å². The molecule has 6 rings (SSSR count). The molecule has 2 aromatic heterocycles. The van der Waals surface area contributed by atoms with Gasteiger partial charge in [-0.25, -0.2) is 13.4 Å². The molecule has 2 aliphatic rings. The monoisotopic (exact) mass is 708 g/mol. The molecule has 1 atom stereocenters. The molecule has 2 aromatic carbocycles. The van der Waals surface area contributed by atoms with Gasteiger partial charge in [-0.15, -0.1) is 0 Å². The minimum atomic E-state index is -4.71. The highest BCUT2D eigenvalue weighted by atomic mass is 32.2. The summed E-state index contributed by atoms with van der Waals surface area (Å²) in [7, 11) is -3.48. The van der Waals surface area contributed by atoms with Crippen LogP contribution in [0.5, 0.6) is 0 Å². The van der Waals surface area contributed by atoms with Crippen LogP contribution >= 0.6 is 0 Å². The number of rotatable bonds is 10. The number of piperazine rings is 1. The van der Waals surface area contributed by atoms with Gasteiger partial charge in [0.15, 0.2) is 9.84 Å². The molecule has 4 heterocycles. The Kier molecular flexibility index (Phi) is 10.0. The summed E-state index contributed by atoms with van der Waals surface area (Å²) in [5, 5.41) is 8.05.